The number of hydrogen-bond donors (Lipinski definition) is 2. The predicted molar refractivity (Wildman–Crippen MR) is 128 cm³/mol. The van der Waals surface area contributed by atoms with Gasteiger partial charge in [0.2, 0.25) is 5.78 Å². The monoisotopic (exact) mass is 494 g/mol. The van der Waals surface area contributed by atoms with Gasteiger partial charge in [0.15, 0.2) is 5.15 Å². The molecule has 0 bridgehead atoms. The molecule has 1 aliphatic heterocycles. The molecule has 3 heterocycles. The summed E-state index contributed by atoms with van der Waals surface area (Å²) >= 11 is 12.6. The summed E-state index contributed by atoms with van der Waals surface area (Å²) in [6.45, 7) is 8.74. The Balaban J connectivity index is 1.69. The maximum absolute atomic E-state index is 12.9. The number of alkyl carbamates (subject to hydrolysis) is 1. The number of carbonyl (C=O) groups is 2. The van der Waals surface area contributed by atoms with E-state index in [1.165, 1.54) is 18.5 Å². The number of halogens is 2. The number of carbonyl (C=O) groups excluding carboxylic acids is 2. The summed E-state index contributed by atoms with van der Waals surface area (Å²) < 4.78 is 5.38. The van der Waals surface area contributed by atoms with Gasteiger partial charge in [-0.1, -0.05) is 23.2 Å². The predicted octanol–water partition coefficient (Wildman–Crippen LogP) is 4.33. The van der Waals surface area contributed by atoms with Crippen LogP contribution in [0.3, 0.4) is 0 Å². The number of amides is 1. The van der Waals surface area contributed by atoms with Crippen LogP contribution in [0, 0.1) is 0 Å². The van der Waals surface area contributed by atoms with Crippen LogP contribution < -0.4 is 15.5 Å². The highest BCUT2D eigenvalue weighted by Crippen LogP contribution is 2.29. The first kappa shape index (κ1) is 25.0. The summed E-state index contributed by atoms with van der Waals surface area (Å²) in [5, 5.41) is 6.00. The highest BCUT2D eigenvalue weighted by molar-refractivity contribution is 6.38. The van der Waals surface area contributed by atoms with Gasteiger partial charge in [-0.3, -0.25) is 4.79 Å². The van der Waals surface area contributed by atoms with Crippen LogP contribution in [0.2, 0.25) is 10.2 Å². The van der Waals surface area contributed by atoms with Crippen molar-refractivity contribution in [3.05, 3.63) is 39.9 Å². The SMILES string of the molecule is CNc1nccc(C(=O)c2ncc(N3CCC(C)(NC(=O)OC(C)(C)C)CC3)nc2Cl)c1Cl. The highest BCUT2D eigenvalue weighted by atomic mass is 35.5. The fourth-order valence-corrected chi connectivity index (χ4v) is 4.00. The maximum Gasteiger partial charge on any atom is 0.408 e. The Hall–Kier alpha value is -2.65. The number of nitrogens with zero attached hydrogens (tertiary/aromatic N) is 4. The average molecular weight is 495 g/mol. The minimum absolute atomic E-state index is 0.00315. The van der Waals surface area contributed by atoms with E-state index in [-0.39, 0.29) is 21.4 Å². The van der Waals surface area contributed by atoms with Gasteiger partial charge in [-0.25, -0.2) is 19.7 Å². The number of ether oxygens (including phenoxy) is 1. The topological polar surface area (TPSA) is 109 Å². The number of pyridine rings is 1. The van der Waals surface area contributed by atoms with Crippen LogP contribution >= 0.6 is 23.2 Å². The molecule has 2 aromatic heterocycles. The number of ketones is 1. The van der Waals surface area contributed by atoms with Gasteiger partial charge in [0, 0.05) is 37.4 Å². The van der Waals surface area contributed by atoms with Gasteiger partial charge in [-0.2, -0.15) is 0 Å². The van der Waals surface area contributed by atoms with E-state index in [9.17, 15) is 9.59 Å². The Labute approximate surface area is 203 Å². The molecule has 0 spiro atoms. The fourth-order valence-electron chi connectivity index (χ4n) is 3.49. The molecule has 1 fully saturated rings. The van der Waals surface area contributed by atoms with Crippen LogP contribution in [0.25, 0.3) is 0 Å². The number of aromatic nitrogens is 3. The summed E-state index contributed by atoms with van der Waals surface area (Å²) in [6, 6.07) is 1.51. The maximum atomic E-state index is 12.9. The Kier molecular flexibility index (Phi) is 7.33. The third-order valence-corrected chi connectivity index (χ3v) is 5.94. The number of piperidine rings is 1. The zero-order valence-corrected chi connectivity index (χ0v) is 20.8. The molecule has 1 amide bonds. The van der Waals surface area contributed by atoms with E-state index < -0.39 is 23.0 Å². The van der Waals surface area contributed by atoms with Gasteiger partial charge < -0.3 is 20.3 Å². The second-order valence-corrected chi connectivity index (χ2v) is 9.88. The van der Waals surface area contributed by atoms with Crippen molar-refractivity contribution in [2.75, 3.05) is 30.4 Å². The van der Waals surface area contributed by atoms with Gasteiger partial charge in [-0.05, 0) is 46.6 Å². The first-order chi connectivity index (χ1) is 15.4. The Morgan fingerprint density at radius 1 is 1.18 bits per heavy atom. The van der Waals surface area contributed by atoms with E-state index in [2.05, 4.69) is 25.6 Å². The van der Waals surface area contributed by atoms with Crippen molar-refractivity contribution in [2.24, 2.45) is 0 Å². The second kappa shape index (κ2) is 9.69. The number of rotatable bonds is 5. The largest absolute Gasteiger partial charge is 0.444 e. The lowest BCUT2D eigenvalue weighted by atomic mass is 9.90. The highest BCUT2D eigenvalue weighted by Gasteiger charge is 2.34. The molecule has 0 aliphatic carbocycles. The Bertz CT molecular complexity index is 1050. The van der Waals surface area contributed by atoms with E-state index >= 15 is 0 Å². The molecule has 0 aromatic carbocycles. The molecule has 2 N–H and O–H groups in total. The van der Waals surface area contributed by atoms with Crippen LogP contribution in [0.15, 0.2) is 18.5 Å². The molecule has 1 aliphatic rings. The van der Waals surface area contributed by atoms with Crippen LogP contribution in [0.1, 0.15) is 56.6 Å². The zero-order valence-electron chi connectivity index (χ0n) is 19.3. The molecule has 3 rings (SSSR count). The average Bonchev–Trinajstić information content (AvgIpc) is 2.72. The summed E-state index contributed by atoms with van der Waals surface area (Å²) in [5.74, 6) is 0.517. The van der Waals surface area contributed by atoms with Crippen molar-refractivity contribution in [3.8, 4) is 0 Å². The third kappa shape index (κ3) is 6.03. The fraction of sp³-hybridized carbons (Fsp3) is 0.500. The zero-order chi connectivity index (χ0) is 24.4. The number of hydrogen-bond acceptors (Lipinski definition) is 8. The van der Waals surface area contributed by atoms with Crippen molar-refractivity contribution in [3.63, 3.8) is 0 Å². The van der Waals surface area contributed by atoms with Crippen molar-refractivity contribution in [2.45, 2.75) is 51.7 Å². The lowest BCUT2D eigenvalue weighted by Crippen LogP contribution is -2.54. The standard InChI is InChI=1S/C22H28Cl2N6O3/c1-21(2,3)33-20(32)29-22(4)7-10-30(11-8-22)14-12-27-16(18(24)28-14)17(31)13-6-9-26-19(25-5)15(13)23/h6,9,12H,7-8,10-11H2,1-5H3,(H,25,26)(H,29,32). The van der Waals surface area contributed by atoms with Gasteiger partial charge in [0.05, 0.1) is 11.2 Å². The van der Waals surface area contributed by atoms with Gasteiger partial charge in [0.25, 0.3) is 0 Å². The van der Waals surface area contributed by atoms with E-state index in [1.54, 1.807) is 7.05 Å². The van der Waals surface area contributed by atoms with E-state index in [0.717, 1.165) is 0 Å². The number of nitrogens with one attached hydrogen (secondary N) is 2. The summed E-state index contributed by atoms with van der Waals surface area (Å²) in [5.41, 5.74) is -0.692. The molecule has 0 saturated carbocycles. The molecule has 0 radical (unpaired) electrons. The van der Waals surface area contributed by atoms with Crippen molar-refractivity contribution in [1.29, 1.82) is 0 Å². The minimum atomic E-state index is -0.554. The lowest BCUT2D eigenvalue weighted by molar-refractivity contribution is 0.0448. The van der Waals surface area contributed by atoms with E-state index in [4.69, 9.17) is 27.9 Å². The van der Waals surface area contributed by atoms with Crippen molar-refractivity contribution >= 4 is 46.7 Å². The number of anilines is 2. The second-order valence-electron chi connectivity index (χ2n) is 9.14. The molecule has 11 heteroatoms. The summed E-state index contributed by atoms with van der Waals surface area (Å²) in [4.78, 5) is 39.9. The van der Waals surface area contributed by atoms with E-state index in [1.807, 2.05) is 32.6 Å². The van der Waals surface area contributed by atoms with Crippen molar-refractivity contribution in [1.82, 2.24) is 20.3 Å². The Morgan fingerprint density at radius 3 is 2.42 bits per heavy atom. The lowest BCUT2D eigenvalue weighted by Gasteiger charge is -2.40. The van der Waals surface area contributed by atoms with Gasteiger partial charge >= 0.3 is 6.09 Å². The van der Waals surface area contributed by atoms with Crippen molar-refractivity contribution < 1.29 is 14.3 Å². The molecule has 33 heavy (non-hydrogen) atoms. The molecule has 2 aromatic rings. The molecule has 0 atom stereocenters. The Morgan fingerprint density at radius 2 is 1.85 bits per heavy atom. The first-order valence-corrected chi connectivity index (χ1v) is 11.3. The molecule has 9 nitrogen and oxygen atoms in total. The van der Waals surface area contributed by atoms with Crippen LogP contribution in [0.4, 0.5) is 16.4 Å². The quantitative estimate of drug-likeness (QED) is 0.590. The minimum Gasteiger partial charge on any atom is -0.444 e. The smallest absolute Gasteiger partial charge is 0.408 e. The van der Waals surface area contributed by atoms with Gasteiger partial charge in [-0.15, -0.1) is 0 Å². The molecular weight excluding hydrogens is 467 g/mol. The normalized spacial score (nSPS) is 15.7. The van der Waals surface area contributed by atoms with Crippen LogP contribution in [-0.2, 0) is 4.74 Å². The third-order valence-electron chi connectivity index (χ3n) is 5.30. The molecule has 1 saturated heterocycles. The van der Waals surface area contributed by atoms with E-state index in [0.29, 0.717) is 37.6 Å². The first-order valence-electron chi connectivity index (χ1n) is 10.6. The molecule has 0 unspecified atom stereocenters. The molecular formula is C22H28Cl2N6O3. The summed E-state index contributed by atoms with van der Waals surface area (Å²) in [6.07, 6.45) is 3.95. The van der Waals surface area contributed by atoms with Crippen LogP contribution in [-0.4, -0.2) is 58.1 Å². The van der Waals surface area contributed by atoms with Gasteiger partial charge in [0.1, 0.15) is 22.9 Å². The molecule has 178 valence electrons. The van der Waals surface area contributed by atoms with Crippen LogP contribution in [0.5, 0.6) is 0 Å². The summed E-state index contributed by atoms with van der Waals surface area (Å²) in [7, 11) is 1.66.